The second kappa shape index (κ2) is 8.73. The number of hydrogen-bond donors (Lipinski definition) is 0. The lowest BCUT2D eigenvalue weighted by Gasteiger charge is -2.11. The molecule has 0 amide bonds. The van der Waals surface area contributed by atoms with Gasteiger partial charge in [0.25, 0.3) is 0 Å². The highest BCUT2D eigenvalue weighted by Gasteiger charge is 2.15. The van der Waals surface area contributed by atoms with Gasteiger partial charge in [0.1, 0.15) is 5.75 Å². The van der Waals surface area contributed by atoms with Gasteiger partial charge in [0.15, 0.2) is 23.9 Å². The van der Waals surface area contributed by atoms with Gasteiger partial charge in [-0.15, -0.1) is 0 Å². The first kappa shape index (κ1) is 18.3. The van der Waals surface area contributed by atoms with E-state index in [1.807, 2.05) is 6.92 Å². The second-order valence-electron chi connectivity index (χ2n) is 5.03. The third-order valence-corrected chi connectivity index (χ3v) is 3.45. The molecule has 0 aliphatic carbocycles. The van der Waals surface area contributed by atoms with Crippen LogP contribution >= 0.6 is 0 Å². The van der Waals surface area contributed by atoms with Crippen molar-refractivity contribution in [1.29, 1.82) is 0 Å². The van der Waals surface area contributed by atoms with Gasteiger partial charge in [-0.3, -0.25) is 4.79 Å². The van der Waals surface area contributed by atoms with Crippen LogP contribution in [0.5, 0.6) is 17.2 Å². The van der Waals surface area contributed by atoms with Crippen molar-refractivity contribution in [2.45, 2.75) is 6.92 Å². The Morgan fingerprint density at radius 2 is 1.56 bits per heavy atom. The summed E-state index contributed by atoms with van der Waals surface area (Å²) < 4.78 is 20.7. The molecule has 0 heterocycles. The Hall–Kier alpha value is -3.02. The van der Waals surface area contributed by atoms with Crippen LogP contribution in [0.2, 0.25) is 0 Å². The van der Waals surface area contributed by atoms with E-state index in [1.54, 1.807) is 43.5 Å². The fourth-order valence-electron chi connectivity index (χ4n) is 2.15. The molecule has 0 unspecified atom stereocenters. The molecule has 0 spiro atoms. The Morgan fingerprint density at radius 1 is 0.880 bits per heavy atom. The van der Waals surface area contributed by atoms with E-state index in [-0.39, 0.29) is 18.0 Å². The van der Waals surface area contributed by atoms with Crippen molar-refractivity contribution in [2.24, 2.45) is 0 Å². The maximum atomic E-state index is 12.1. The summed E-state index contributed by atoms with van der Waals surface area (Å²) in [4.78, 5) is 24.2. The first-order chi connectivity index (χ1) is 12.1. The van der Waals surface area contributed by atoms with Crippen molar-refractivity contribution in [3.8, 4) is 17.2 Å². The van der Waals surface area contributed by atoms with Crippen molar-refractivity contribution < 1.29 is 28.5 Å². The molecule has 0 aliphatic heterocycles. The summed E-state index contributed by atoms with van der Waals surface area (Å²) in [6, 6.07) is 11.3. The molecule has 0 radical (unpaired) electrons. The number of ketones is 1. The van der Waals surface area contributed by atoms with Crippen LogP contribution < -0.4 is 14.2 Å². The fraction of sp³-hybridized carbons (Fsp3) is 0.263. The van der Waals surface area contributed by atoms with Crippen LogP contribution in [0.4, 0.5) is 0 Å². The van der Waals surface area contributed by atoms with Crippen molar-refractivity contribution in [3.05, 3.63) is 53.6 Å². The Labute approximate surface area is 146 Å². The summed E-state index contributed by atoms with van der Waals surface area (Å²) in [7, 11) is 3.06. The molecule has 0 saturated carbocycles. The van der Waals surface area contributed by atoms with E-state index in [9.17, 15) is 9.59 Å². The SMILES string of the molecule is CCOc1cc(C(=O)OCC(=O)c2ccc(OC)cc2)ccc1OC. The van der Waals surface area contributed by atoms with E-state index in [0.29, 0.717) is 29.4 Å². The van der Waals surface area contributed by atoms with Crippen LogP contribution in [0.15, 0.2) is 42.5 Å². The van der Waals surface area contributed by atoms with Crippen LogP contribution in [0.25, 0.3) is 0 Å². The number of esters is 1. The Morgan fingerprint density at radius 3 is 2.16 bits per heavy atom. The molecule has 2 aromatic rings. The topological polar surface area (TPSA) is 71.1 Å². The zero-order chi connectivity index (χ0) is 18.2. The Balaban J connectivity index is 2.01. The highest BCUT2D eigenvalue weighted by atomic mass is 16.5. The number of hydrogen-bond acceptors (Lipinski definition) is 6. The predicted octanol–water partition coefficient (Wildman–Crippen LogP) is 3.14. The highest BCUT2D eigenvalue weighted by molar-refractivity contribution is 5.99. The molecule has 0 fully saturated rings. The number of methoxy groups -OCH3 is 2. The maximum Gasteiger partial charge on any atom is 0.338 e. The predicted molar refractivity (Wildman–Crippen MR) is 91.8 cm³/mol. The second-order valence-corrected chi connectivity index (χ2v) is 5.03. The summed E-state index contributed by atoms with van der Waals surface area (Å²) in [6.45, 7) is 1.92. The number of ether oxygens (including phenoxy) is 4. The van der Waals surface area contributed by atoms with E-state index < -0.39 is 5.97 Å². The summed E-state index contributed by atoms with van der Waals surface area (Å²) in [5, 5.41) is 0. The third kappa shape index (κ3) is 4.73. The lowest BCUT2D eigenvalue weighted by atomic mass is 10.1. The van der Waals surface area contributed by atoms with E-state index >= 15 is 0 Å². The molecule has 0 saturated heterocycles. The Bertz CT molecular complexity index is 736. The largest absolute Gasteiger partial charge is 0.497 e. The molecule has 0 N–H and O–H groups in total. The molecule has 132 valence electrons. The van der Waals surface area contributed by atoms with Crippen molar-refractivity contribution in [3.63, 3.8) is 0 Å². The normalized spacial score (nSPS) is 10.0. The number of benzene rings is 2. The average Bonchev–Trinajstić information content (AvgIpc) is 2.66. The molecule has 0 bridgehead atoms. The van der Waals surface area contributed by atoms with Gasteiger partial charge in [-0.2, -0.15) is 0 Å². The van der Waals surface area contributed by atoms with Crippen molar-refractivity contribution in [1.82, 2.24) is 0 Å². The smallest absolute Gasteiger partial charge is 0.338 e. The van der Waals surface area contributed by atoms with Crippen molar-refractivity contribution >= 4 is 11.8 Å². The summed E-state index contributed by atoms with van der Waals surface area (Å²) >= 11 is 0. The maximum absolute atomic E-state index is 12.1. The molecule has 2 aromatic carbocycles. The van der Waals surface area contributed by atoms with Gasteiger partial charge in [-0.05, 0) is 49.4 Å². The van der Waals surface area contributed by atoms with Crippen LogP contribution in [-0.4, -0.2) is 39.2 Å². The highest BCUT2D eigenvalue weighted by Crippen LogP contribution is 2.28. The summed E-state index contributed by atoms with van der Waals surface area (Å²) in [6.07, 6.45) is 0. The van der Waals surface area contributed by atoms with E-state index in [2.05, 4.69) is 0 Å². The van der Waals surface area contributed by atoms with E-state index in [0.717, 1.165) is 0 Å². The summed E-state index contributed by atoms with van der Waals surface area (Å²) in [5.41, 5.74) is 0.727. The molecular formula is C19H20O6. The van der Waals surface area contributed by atoms with E-state index in [1.165, 1.54) is 13.2 Å². The van der Waals surface area contributed by atoms with Crippen LogP contribution in [0.3, 0.4) is 0 Å². The standard InChI is InChI=1S/C19H20O6/c1-4-24-18-11-14(7-10-17(18)23-3)19(21)25-12-16(20)13-5-8-15(22-2)9-6-13/h5-11H,4,12H2,1-3H3. The molecule has 25 heavy (non-hydrogen) atoms. The first-order valence-electron chi connectivity index (χ1n) is 7.74. The zero-order valence-electron chi connectivity index (χ0n) is 14.4. The minimum absolute atomic E-state index is 0.284. The number of carbonyl (C=O) groups is 2. The monoisotopic (exact) mass is 344 g/mol. The van der Waals surface area contributed by atoms with E-state index in [4.69, 9.17) is 18.9 Å². The van der Waals surface area contributed by atoms with Gasteiger partial charge in [0.2, 0.25) is 0 Å². The van der Waals surface area contributed by atoms with Crippen LogP contribution in [0, 0.1) is 0 Å². The minimum atomic E-state index is -0.606. The summed E-state index contributed by atoms with van der Waals surface area (Å²) in [5.74, 6) is 0.712. The third-order valence-electron chi connectivity index (χ3n) is 3.45. The molecule has 0 aromatic heterocycles. The molecular weight excluding hydrogens is 324 g/mol. The van der Waals surface area contributed by atoms with Gasteiger partial charge in [-0.25, -0.2) is 4.79 Å². The number of Topliss-reactive ketones (excluding diaryl/α,β-unsaturated/α-hetero) is 1. The molecule has 0 atom stereocenters. The first-order valence-corrected chi connectivity index (χ1v) is 7.74. The molecule has 0 aliphatic rings. The lowest BCUT2D eigenvalue weighted by Crippen LogP contribution is -2.14. The van der Waals surface area contributed by atoms with Crippen LogP contribution in [-0.2, 0) is 4.74 Å². The number of carbonyl (C=O) groups excluding carboxylic acids is 2. The minimum Gasteiger partial charge on any atom is -0.497 e. The van der Waals surface area contributed by atoms with Crippen LogP contribution in [0.1, 0.15) is 27.6 Å². The van der Waals surface area contributed by atoms with Gasteiger partial charge in [0.05, 0.1) is 26.4 Å². The van der Waals surface area contributed by atoms with Crippen molar-refractivity contribution in [2.75, 3.05) is 27.4 Å². The quantitative estimate of drug-likeness (QED) is 0.541. The molecule has 6 nitrogen and oxygen atoms in total. The molecule has 6 heteroatoms. The molecule has 2 rings (SSSR count). The average molecular weight is 344 g/mol. The zero-order valence-corrected chi connectivity index (χ0v) is 14.4. The van der Waals surface area contributed by atoms with Gasteiger partial charge >= 0.3 is 5.97 Å². The Kier molecular flexibility index (Phi) is 6.39. The lowest BCUT2D eigenvalue weighted by molar-refractivity contribution is 0.0474. The fourth-order valence-corrected chi connectivity index (χ4v) is 2.15. The van der Waals surface area contributed by atoms with Gasteiger partial charge in [-0.1, -0.05) is 0 Å². The van der Waals surface area contributed by atoms with Gasteiger partial charge < -0.3 is 18.9 Å². The number of rotatable bonds is 8. The van der Waals surface area contributed by atoms with Gasteiger partial charge in [0, 0.05) is 5.56 Å².